The number of hydrogen-bond donors (Lipinski definition) is 1. The topological polar surface area (TPSA) is 20.2 Å². The molecule has 0 aromatic heterocycles. The second-order valence-electron chi connectivity index (χ2n) is 4.80. The number of hydrogen-bond acceptors (Lipinski definition) is 1. The van der Waals surface area contributed by atoms with Crippen molar-refractivity contribution in [3.8, 4) is 0 Å². The first kappa shape index (κ1) is 14.5. The quantitative estimate of drug-likeness (QED) is 0.503. The fourth-order valence-electron chi connectivity index (χ4n) is 2.39. The van der Waals surface area contributed by atoms with Gasteiger partial charge in [-0.25, -0.2) is 0 Å². The summed E-state index contributed by atoms with van der Waals surface area (Å²) in [5.41, 5.74) is 2.19. The van der Waals surface area contributed by atoms with Crippen LogP contribution in [0.25, 0.3) is 0 Å². The van der Waals surface area contributed by atoms with Gasteiger partial charge < -0.3 is 5.11 Å². The van der Waals surface area contributed by atoms with Crippen LogP contribution in [0.5, 0.6) is 0 Å². The smallest absolute Gasteiger partial charge is 0.101 e. The Morgan fingerprint density at radius 1 is 1.17 bits per heavy atom. The number of halogens is 2. The van der Waals surface area contributed by atoms with Crippen molar-refractivity contribution < 1.29 is 5.11 Å². The van der Waals surface area contributed by atoms with Crippen molar-refractivity contribution in [3.63, 3.8) is 0 Å². The molecule has 18 heavy (non-hydrogen) atoms. The molecule has 0 aliphatic heterocycles. The van der Waals surface area contributed by atoms with E-state index in [4.69, 9.17) is 0 Å². The molecule has 1 N–H and O–H groups in total. The van der Waals surface area contributed by atoms with E-state index in [1.807, 2.05) is 12.1 Å². The molecule has 3 heteroatoms. The van der Waals surface area contributed by atoms with Crippen LogP contribution in [0.15, 0.2) is 34.3 Å². The third kappa shape index (κ3) is 3.81. The fraction of sp³-hybridized carbons (Fsp3) is 0.467. The molecule has 0 amide bonds. The van der Waals surface area contributed by atoms with Crippen molar-refractivity contribution in [2.45, 2.75) is 44.6 Å². The molecule has 1 atom stereocenters. The average molecular weight is 421 g/mol. The third-order valence-corrected chi connectivity index (χ3v) is 4.82. The lowest BCUT2D eigenvalue weighted by molar-refractivity contribution is 0.208. The van der Waals surface area contributed by atoms with Gasteiger partial charge in [0, 0.05) is 8.04 Å². The molecule has 1 unspecified atom stereocenters. The molecule has 0 heterocycles. The first-order valence-corrected chi connectivity index (χ1v) is 8.37. The predicted octanol–water partition coefficient (Wildman–Crippen LogP) is 5.37. The number of rotatable bonds is 2. The van der Waals surface area contributed by atoms with E-state index in [0.717, 1.165) is 26.4 Å². The van der Waals surface area contributed by atoms with Gasteiger partial charge in [-0.15, -0.1) is 0 Å². The van der Waals surface area contributed by atoms with Crippen LogP contribution in [0.4, 0.5) is 0 Å². The highest BCUT2D eigenvalue weighted by molar-refractivity contribution is 14.1. The maximum Gasteiger partial charge on any atom is 0.101 e. The Labute approximate surface area is 131 Å². The van der Waals surface area contributed by atoms with Gasteiger partial charge in [0.15, 0.2) is 0 Å². The average Bonchev–Trinajstić information content (AvgIpc) is 2.31. The minimum Gasteiger partial charge on any atom is -0.384 e. The van der Waals surface area contributed by atoms with E-state index in [-0.39, 0.29) is 0 Å². The zero-order valence-electron chi connectivity index (χ0n) is 10.3. The minimum atomic E-state index is -0.452. The molecule has 0 radical (unpaired) electrons. The molecule has 2 rings (SSSR count). The zero-order chi connectivity index (χ0) is 13.0. The lowest BCUT2D eigenvalue weighted by Gasteiger charge is -2.19. The van der Waals surface area contributed by atoms with Gasteiger partial charge >= 0.3 is 0 Å². The molecule has 0 spiro atoms. The van der Waals surface area contributed by atoms with Crippen LogP contribution in [-0.2, 0) is 0 Å². The maximum absolute atomic E-state index is 10.6. The van der Waals surface area contributed by atoms with E-state index in [9.17, 15) is 5.11 Å². The molecule has 98 valence electrons. The maximum atomic E-state index is 10.6. The van der Waals surface area contributed by atoms with Crippen LogP contribution in [0.3, 0.4) is 0 Å². The van der Waals surface area contributed by atoms with Crippen molar-refractivity contribution in [1.29, 1.82) is 0 Å². The molecule has 0 bridgehead atoms. The van der Waals surface area contributed by atoms with Crippen LogP contribution in [0.1, 0.15) is 50.2 Å². The highest BCUT2D eigenvalue weighted by Crippen LogP contribution is 2.33. The van der Waals surface area contributed by atoms with Crippen LogP contribution in [0.2, 0.25) is 0 Å². The molecular formula is C15H18BrIO. The third-order valence-electron chi connectivity index (χ3n) is 3.43. The summed E-state index contributed by atoms with van der Waals surface area (Å²) in [5, 5.41) is 10.6. The van der Waals surface area contributed by atoms with Gasteiger partial charge in [0.1, 0.15) is 6.10 Å². The Hall–Kier alpha value is 0.130. The molecule has 0 saturated heterocycles. The van der Waals surface area contributed by atoms with Gasteiger partial charge in [-0.05, 0) is 77.6 Å². The second kappa shape index (κ2) is 7.06. The number of allylic oxidation sites excluding steroid dienone is 1. The van der Waals surface area contributed by atoms with E-state index in [1.165, 1.54) is 31.3 Å². The lowest BCUT2D eigenvalue weighted by atomic mass is 9.93. The van der Waals surface area contributed by atoms with Crippen LogP contribution in [-0.4, -0.2) is 5.11 Å². The largest absolute Gasteiger partial charge is 0.384 e. The van der Waals surface area contributed by atoms with Crippen molar-refractivity contribution in [1.82, 2.24) is 0 Å². The Kier molecular flexibility index (Phi) is 5.70. The number of aliphatic hydroxyl groups is 1. The summed E-state index contributed by atoms with van der Waals surface area (Å²) in [6.45, 7) is 0. The summed E-state index contributed by atoms with van der Waals surface area (Å²) in [5.74, 6) is 0. The monoisotopic (exact) mass is 420 g/mol. The second-order valence-corrected chi connectivity index (χ2v) is 6.90. The molecule has 1 nitrogen and oxygen atoms in total. The van der Waals surface area contributed by atoms with Crippen molar-refractivity contribution >= 4 is 38.5 Å². The zero-order valence-corrected chi connectivity index (χ0v) is 14.1. The minimum absolute atomic E-state index is 0.452. The van der Waals surface area contributed by atoms with Gasteiger partial charge in [0.05, 0.1) is 0 Å². The van der Waals surface area contributed by atoms with E-state index in [1.54, 1.807) is 0 Å². The van der Waals surface area contributed by atoms with E-state index in [2.05, 4.69) is 50.7 Å². The molecule has 0 saturated carbocycles. The first-order valence-electron chi connectivity index (χ1n) is 6.50. The Balaban J connectivity index is 2.23. The predicted molar refractivity (Wildman–Crippen MR) is 87.6 cm³/mol. The van der Waals surface area contributed by atoms with Crippen LogP contribution < -0.4 is 0 Å². The molecule has 1 aromatic carbocycles. The van der Waals surface area contributed by atoms with E-state index >= 15 is 0 Å². The highest BCUT2D eigenvalue weighted by Gasteiger charge is 2.17. The molecule has 1 aromatic rings. The lowest BCUT2D eigenvalue weighted by Crippen LogP contribution is -2.05. The fourth-order valence-corrected chi connectivity index (χ4v) is 3.37. The van der Waals surface area contributed by atoms with Crippen LogP contribution >= 0.6 is 38.5 Å². The summed E-state index contributed by atoms with van der Waals surface area (Å²) in [6.07, 6.45) is 8.99. The summed E-state index contributed by atoms with van der Waals surface area (Å²) >= 11 is 5.83. The SMILES string of the molecule is OC(/C1=C/CCCCCC1)c1cc(I)ccc1Br. The molecule has 1 aliphatic rings. The summed E-state index contributed by atoms with van der Waals surface area (Å²) in [7, 11) is 0. The van der Waals surface area contributed by atoms with Gasteiger partial charge in [-0.3, -0.25) is 0 Å². The number of benzene rings is 1. The summed E-state index contributed by atoms with van der Waals surface area (Å²) in [4.78, 5) is 0. The Morgan fingerprint density at radius 3 is 2.78 bits per heavy atom. The van der Waals surface area contributed by atoms with Crippen LogP contribution in [0, 0.1) is 3.57 Å². The number of aliphatic hydroxyl groups excluding tert-OH is 1. The standard InChI is InChI=1S/C15H18BrIO/c16-14-9-8-12(17)10-13(14)15(18)11-6-4-2-1-3-5-7-11/h6,8-10,15,18H,1-5,7H2/b11-6+. The van der Waals surface area contributed by atoms with Crippen molar-refractivity contribution in [2.75, 3.05) is 0 Å². The van der Waals surface area contributed by atoms with Gasteiger partial charge in [-0.2, -0.15) is 0 Å². The summed E-state index contributed by atoms with van der Waals surface area (Å²) in [6, 6.07) is 6.13. The first-order chi connectivity index (χ1) is 8.68. The van der Waals surface area contributed by atoms with Gasteiger partial charge in [0.2, 0.25) is 0 Å². The molecular weight excluding hydrogens is 403 g/mol. The molecule has 0 fully saturated rings. The Morgan fingerprint density at radius 2 is 1.94 bits per heavy atom. The normalized spacial score (nSPS) is 21.6. The van der Waals surface area contributed by atoms with Gasteiger partial charge in [-0.1, -0.05) is 34.8 Å². The van der Waals surface area contributed by atoms with Crippen molar-refractivity contribution in [2.24, 2.45) is 0 Å². The van der Waals surface area contributed by atoms with E-state index < -0.39 is 6.10 Å². The van der Waals surface area contributed by atoms with Crippen molar-refractivity contribution in [3.05, 3.63) is 43.5 Å². The molecule has 1 aliphatic carbocycles. The highest BCUT2D eigenvalue weighted by atomic mass is 127. The summed E-state index contributed by atoms with van der Waals surface area (Å²) < 4.78 is 2.16. The van der Waals surface area contributed by atoms with E-state index in [0.29, 0.717) is 0 Å². The Bertz CT molecular complexity index is 442. The van der Waals surface area contributed by atoms with Gasteiger partial charge in [0.25, 0.3) is 0 Å².